The molecule has 0 aliphatic heterocycles. The van der Waals surface area contributed by atoms with Gasteiger partial charge in [0.15, 0.2) is 0 Å². The monoisotopic (exact) mass is 240 g/mol. The Kier molecular flexibility index (Phi) is 5790. The van der Waals surface area contributed by atoms with E-state index < -0.39 is 0 Å². The summed E-state index contributed by atoms with van der Waals surface area (Å²) in [5, 5.41) is 0. The number of rotatable bonds is 0. The van der Waals surface area contributed by atoms with Crippen molar-refractivity contribution in [3.63, 3.8) is 0 Å². The van der Waals surface area contributed by atoms with Crippen LogP contribution in [0.15, 0.2) is 0 Å². The summed E-state index contributed by atoms with van der Waals surface area (Å²) in [5.41, 5.74) is 0. The molecule has 0 spiro atoms. The molecule has 7 heavy (non-hydrogen) atoms. The Morgan fingerprint density at radius 3 is 0.429 bits per heavy atom. The van der Waals surface area contributed by atoms with Crippen molar-refractivity contribution in [2.24, 2.45) is 0 Å². The second-order valence-electron chi connectivity index (χ2n) is 0. The van der Waals surface area contributed by atoms with Crippen molar-refractivity contribution in [2.45, 2.75) is 0 Å². The Morgan fingerprint density at radius 1 is 0.429 bits per heavy atom. The minimum absolute atomic E-state index is 0. The van der Waals surface area contributed by atoms with Crippen LogP contribution in [0.5, 0.6) is 0 Å². The van der Waals surface area contributed by atoms with Crippen LogP contribution in [-0.4, -0.2) is 0 Å². The summed E-state index contributed by atoms with van der Waals surface area (Å²) in [6.45, 7) is 0. The molecular formula is Co2NiO4-2. The topological polar surface area (TPSA) is 114 Å². The standard InChI is InChI=1S/2Co.Ni.4O/q3*+2;4*-2. The van der Waals surface area contributed by atoms with Gasteiger partial charge in [-0.15, -0.1) is 0 Å². The third-order valence-corrected chi connectivity index (χ3v) is 0. The van der Waals surface area contributed by atoms with E-state index in [0.29, 0.717) is 0 Å². The van der Waals surface area contributed by atoms with Gasteiger partial charge in [-0.1, -0.05) is 0 Å². The van der Waals surface area contributed by atoms with Gasteiger partial charge in [-0.3, -0.25) is 0 Å². The Bertz CT molecular complexity index is 9.65. The molecule has 0 aromatic carbocycles. The number of hydrogen-bond donors (Lipinski definition) is 0. The molecule has 0 unspecified atom stereocenters. The molecule has 0 fully saturated rings. The minimum atomic E-state index is 0. The van der Waals surface area contributed by atoms with E-state index in [-0.39, 0.29) is 72.0 Å². The smallest absolute Gasteiger partial charge is 2.00 e. The minimum Gasteiger partial charge on any atom is -2.00 e. The molecule has 0 bridgehead atoms. The molecule has 0 saturated heterocycles. The SMILES string of the molecule is [Co+2].[Co+2].[Ni+2].[O-2].[O-2].[O-2].[O-2]. The molecule has 7 heteroatoms. The maximum Gasteiger partial charge on any atom is 2.00 e. The fraction of sp³-hybridized carbons (Fsp3) is 0. The van der Waals surface area contributed by atoms with Crippen molar-refractivity contribution >= 4 is 0 Å². The van der Waals surface area contributed by atoms with Crippen molar-refractivity contribution in [1.82, 2.24) is 0 Å². The normalized spacial score (nSPS) is 0. The largest absolute Gasteiger partial charge is 2.00 e. The third kappa shape index (κ3) is 116. The van der Waals surface area contributed by atoms with Gasteiger partial charge < -0.3 is 21.9 Å². The van der Waals surface area contributed by atoms with E-state index in [4.69, 9.17) is 0 Å². The Morgan fingerprint density at radius 2 is 0.429 bits per heavy atom. The summed E-state index contributed by atoms with van der Waals surface area (Å²) < 4.78 is 0. The van der Waals surface area contributed by atoms with Gasteiger partial charge in [-0.25, -0.2) is 0 Å². The predicted molar refractivity (Wildman–Crippen MR) is 2.75 cm³/mol. The van der Waals surface area contributed by atoms with Crippen LogP contribution in [0.4, 0.5) is 0 Å². The molecule has 0 aliphatic rings. The molecule has 4 nitrogen and oxygen atoms in total. The van der Waals surface area contributed by atoms with Crippen LogP contribution in [0, 0.1) is 0 Å². The van der Waals surface area contributed by atoms with Gasteiger partial charge in [0, 0.05) is 0 Å². The van der Waals surface area contributed by atoms with Crippen molar-refractivity contribution in [3.8, 4) is 0 Å². The fourth-order valence-corrected chi connectivity index (χ4v) is 0. The molecule has 0 aliphatic carbocycles. The van der Waals surface area contributed by atoms with Crippen LogP contribution >= 0.6 is 0 Å². The average molecular weight is 241 g/mol. The van der Waals surface area contributed by atoms with E-state index in [1.165, 1.54) is 0 Å². The Hall–Kier alpha value is 1.35. The van der Waals surface area contributed by atoms with Crippen molar-refractivity contribution in [2.75, 3.05) is 0 Å². The molecule has 0 heterocycles. The van der Waals surface area contributed by atoms with Gasteiger partial charge >= 0.3 is 50.0 Å². The molecule has 0 amide bonds. The molecule has 54 valence electrons. The van der Waals surface area contributed by atoms with Crippen molar-refractivity contribution < 1.29 is 72.0 Å². The zero-order valence-electron chi connectivity index (χ0n) is 2.62. The first kappa shape index (κ1) is 248. The van der Waals surface area contributed by atoms with E-state index >= 15 is 0 Å². The van der Waals surface area contributed by atoms with Crippen molar-refractivity contribution in [3.05, 3.63) is 0 Å². The van der Waals surface area contributed by atoms with Crippen LogP contribution in [-0.2, 0) is 72.0 Å². The molecule has 0 saturated carbocycles. The summed E-state index contributed by atoms with van der Waals surface area (Å²) in [7, 11) is 0. The van der Waals surface area contributed by atoms with Crippen LogP contribution in [0.2, 0.25) is 0 Å². The maximum atomic E-state index is 0. The predicted octanol–water partition coefficient (Wildman–Crippen LogP) is -0.483. The van der Waals surface area contributed by atoms with Crippen LogP contribution in [0.1, 0.15) is 0 Å². The van der Waals surface area contributed by atoms with Crippen LogP contribution in [0.25, 0.3) is 0 Å². The van der Waals surface area contributed by atoms with Gasteiger partial charge in [0.05, 0.1) is 0 Å². The molecule has 0 aromatic rings. The molecular weight excluding hydrogens is 241 g/mol. The summed E-state index contributed by atoms with van der Waals surface area (Å²) in [6.07, 6.45) is 0. The molecule has 0 N–H and O–H groups in total. The zero-order valence-corrected chi connectivity index (χ0v) is 5.69. The maximum absolute atomic E-state index is 0. The van der Waals surface area contributed by atoms with E-state index in [2.05, 4.69) is 0 Å². The van der Waals surface area contributed by atoms with Crippen LogP contribution < -0.4 is 0 Å². The van der Waals surface area contributed by atoms with Gasteiger partial charge in [0.25, 0.3) is 0 Å². The summed E-state index contributed by atoms with van der Waals surface area (Å²) >= 11 is 0. The van der Waals surface area contributed by atoms with Crippen molar-refractivity contribution in [1.29, 1.82) is 0 Å². The summed E-state index contributed by atoms with van der Waals surface area (Å²) in [4.78, 5) is 0. The molecule has 2 radical (unpaired) electrons. The zero-order chi connectivity index (χ0) is 0. The van der Waals surface area contributed by atoms with Gasteiger partial charge in [-0.05, 0) is 0 Å². The third-order valence-electron chi connectivity index (χ3n) is 0. The van der Waals surface area contributed by atoms with E-state index in [1.54, 1.807) is 0 Å². The summed E-state index contributed by atoms with van der Waals surface area (Å²) in [6, 6.07) is 0. The summed E-state index contributed by atoms with van der Waals surface area (Å²) in [5.74, 6) is 0. The number of hydrogen-bond acceptors (Lipinski definition) is 0. The fourth-order valence-electron chi connectivity index (χ4n) is 0. The van der Waals surface area contributed by atoms with Gasteiger partial charge in [-0.2, -0.15) is 0 Å². The first-order chi connectivity index (χ1) is 0. The second-order valence-corrected chi connectivity index (χ2v) is 0. The first-order valence-corrected chi connectivity index (χ1v) is 0. The van der Waals surface area contributed by atoms with E-state index in [0.717, 1.165) is 0 Å². The quantitative estimate of drug-likeness (QED) is 0.509. The van der Waals surface area contributed by atoms with Crippen LogP contribution in [0.3, 0.4) is 0 Å². The first-order valence-electron chi connectivity index (χ1n) is 0. The Labute approximate surface area is 72.0 Å². The van der Waals surface area contributed by atoms with Gasteiger partial charge in [0.2, 0.25) is 0 Å². The molecule has 0 rings (SSSR count). The van der Waals surface area contributed by atoms with Gasteiger partial charge in [0.1, 0.15) is 0 Å². The average Bonchev–Trinajstić information content (AvgIpc) is 0. The Balaban J connectivity index is 0. The van der Waals surface area contributed by atoms with E-state index in [1.807, 2.05) is 0 Å². The molecule has 0 aromatic heterocycles. The van der Waals surface area contributed by atoms with E-state index in [9.17, 15) is 0 Å². The second kappa shape index (κ2) is 163. The molecule has 0 atom stereocenters.